The lowest BCUT2D eigenvalue weighted by molar-refractivity contribution is -0.136. The number of thioether (sulfide) groups is 1. The molecule has 3 amide bonds. The molecular weight excluding hydrogens is 478 g/mol. The second-order valence-electron chi connectivity index (χ2n) is 9.19. The van der Waals surface area contributed by atoms with Crippen LogP contribution < -0.4 is 10.6 Å². The molecule has 0 radical (unpaired) electrons. The van der Waals surface area contributed by atoms with Gasteiger partial charge in [-0.2, -0.15) is 0 Å². The quantitative estimate of drug-likeness (QED) is 0.150. The van der Waals surface area contributed by atoms with Crippen LogP contribution in [-0.4, -0.2) is 73.4 Å². The maximum atomic E-state index is 12.9. The van der Waals surface area contributed by atoms with Crippen molar-refractivity contribution in [1.29, 1.82) is 0 Å². The van der Waals surface area contributed by atoms with Crippen molar-refractivity contribution >= 4 is 29.5 Å². The van der Waals surface area contributed by atoms with E-state index in [1.807, 2.05) is 18.2 Å². The first-order chi connectivity index (χ1) is 17.5. The number of hydrogen-bond donors (Lipinski definition) is 2. The van der Waals surface area contributed by atoms with Crippen LogP contribution in [0.15, 0.2) is 35.7 Å². The minimum absolute atomic E-state index is 0.148. The average molecular weight is 518 g/mol. The minimum atomic E-state index is -0.595. The summed E-state index contributed by atoms with van der Waals surface area (Å²) in [7, 11) is 0. The lowest BCUT2D eigenvalue weighted by atomic mass is 9.95. The molecule has 36 heavy (non-hydrogen) atoms. The van der Waals surface area contributed by atoms with Gasteiger partial charge in [-0.15, -0.1) is 18.3 Å². The number of nitrogens with one attached hydrogen (secondary N) is 2. The summed E-state index contributed by atoms with van der Waals surface area (Å²) in [6, 6.07) is 5.52. The van der Waals surface area contributed by atoms with Crippen molar-refractivity contribution in [3.63, 3.8) is 0 Å². The first-order valence-corrected chi connectivity index (χ1v) is 13.8. The van der Waals surface area contributed by atoms with E-state index in [1.165, 1.54) is 0 Å². The van der Waals surface area contributed by atoms with Gasteiger partial charge < -0.3 is 19.7 Å². The second kappa shape index (κ2) is 14.5. The predicted molar refractivity (Wildman–Crippen MR) is 141 cm³/mol. The molecule has 2 aliphatic heterocycles. The van der Waals surface area contributed by atoms with Crippen molar-refractivity contribution in [3.05, 3.63) is 42.0 Å². The number of piperidine rings is 1. The molecule has 0 aliphatic carbocycles. The summed E-state index contributed by atoms with van der Waals surface area (Å²) in [5, 5.41) is 5.86. The topological polar surface area (TPSA) is 97.0 Å². The molecule has 0 bridgehead atoms. The Labute approximate surface area is 218 Å². The van der Waals surface area contributed by atoms with Gasteiger partial charge in [0.05, 0.1) is 26.4 Å². The number of allylic oxidation sites excluding steroid dienone is 1. The number of amides is 3. The van der Waals surface area contributed by atoms with Gasteiger partial charge in [0.2, 0.25) is 11.8 Å². The Morgan fingerprint density at radius 1 is 1.22 bits per heavy atom. The Balaban J connectivity index is 1.32. The number of rotatable bonds is 16. The zero-order valence-electron chi connectivity index (χ0n) is 21.4. The summed E-state index contributed by atoms with van der Waals surface area (Å²) in [4.78, 5) is 39.2. The van der Waals surface area contributed by atoms with E-state index < -0.39 is 6.04 Å². The minimum Gasteiger partial charge on any atom is -0.378 e. The number of carbonyl (C=O) groups excluding carboxylic acids is 3. The van der Waals surface area contributed by atoms with Crippen LogP contribution in [0.2, 0.25) is 0 Å². The summed E-state index contributed by atoms with van der Waals surface area (Å²) in [6.07, 6.45) is 4.76. The Hall–Kier alpha value is -2.20. The zero-order valence-corrected chi connectivity index (χ0v) is 22.2. The number of fused-ring (bicyclic) bond motifs is 1. The monoisotopic (exact) mass is 517 g/mol. The van der Waals surface area contributed by atoms with Gasteiger partial charge in [0, 0.05) is 41.8 Å². The van der Waals surface area contributed by atoms with E-state index in [0.29, 0.717) is 56.9 Å². The third-order valence-corrected chi connectivity index (χ3v) is 7.87. The molecule has 1 aromatic carbocycles. The van der Waals surface area contributed by atoms with E-state index in [-0.39, 0.29) is 24.1 Å². The van der Waals surface area contributed by atoms with Crippen molar-refractivity contribution in [3.8, 4) is 0 Å². The summed E-state index contributed by atoms with van der Waals surface area (Å²) >= 11 is 1.65. The van der Waals surface area contributed by atoms with E-state index in [0.717, 1.165) is 35.6 Å². The van der Waals surface area contributed by atoms with Gasteiger partial charge in [-0.25, -0.2) is 0 Å². The molecule has 0 saturated carbocycles. The summed E-state index contributed by atoms with van der Waals surface area (Å²) in [6.45, 7) is 11.8. The molecule has 3 rings (SSSR count). The van der Waals surface area contributed by atoms with Gasteiger partial charge in [0.1, 0.15) is 6.04 Å². The van der Waals surface area contributed by atoms with Crippen LogP contribution in [0.5, 0.6) is 0 Å². The largest absolute Gasteiger partial charge is 0.378 e. The fourth-order valence-corrected chi connectivity index (χ4v) is 5.63. The first-order valence-electron chi connectivity index (χ1n) is 12.8. The zero-order chi connectivity index (χ0) is 25.9. The fourth-order valence-electron chi connectivity index (χ4n) is 4.69. The number of hydrogen-bond acceptors (Lipinski definition) is 7. The van der Waals surface area contributed by atoms with Crippen molar-refractivity contribution < 1.29 is 23.9 Å². The van der Waals surface area contributed by atoms with Gasteiger partial charge in [-0.05, 0) is 43.4 Å². The van der Waals surface area contributed by atoms with Crippen LogP contribution in [0.1, 0.15) is 55.5 Å². The van der Waals surface area contributed by atoms with Crippen molar-refractivity contribution in [2.75, 3.05) is 38.7 Å². The van der Waals surface area contributed by atoms with Crippen LogP contribution >= 0.6 is 11.8 Å². The summed E-state index contributed by atoms with van der Waals surface area (Å²) < 4.78 is 11.4. The van der Waals surface area contributed by atoms with Crippen LogP contribution in [0, 0.1) is 5.92 Å². The molecule has 2 heterocycles. The number of ether oxygens (including phenoxy) is 2. The molecule has 3 unspecified atom stereocenters. The van der Waals surface area contributed by atoms with Gasteiger partial charge in [0.15, 0.2) is 0 Å². The smallest absolute Gasteiger partial charge is 0.255 e. The molecule has 1 aromatic rings. The SMILES string of the molecule is C=CCC(CC)C(C)NCCOCCOCCSc1cccc2c1CN(C1CCC(=O)NC1=O)C2=O. The Kier molecular flexibility index (Phi) is 11.4. The molecule has 198 valence electrons. The van der Waals surface area contributed by atoms with E-state index in [1.54, 1.807) is 22.7 Å². The van der Waals surface area contributed by atoms with E-state index in [4.69, 9.17) is 9.47 Å². The number of nitrogens with zero attached hydrogens (tertiary/aromatic N) is 1. The van der Waals surface area contributed by atoms with Gasteiger partial charge in [-0.1, -0.05) is 25.5 Å². The molecule has 0 spiro atoms. The molecule has 1 fully saturated rings. The Morgan fingerprint density at radius 2 is 2.00 bits per heavy atom. The summed E-state index contributed by atoms with van der Waals surface area (Å²) in [5.74, 6) is 0.542. The number of carbonyl (C=O) groups is 3. The molecule has 2 N–H and O–H groups in total. The van der Waals surface area contributed by atoms with Crippen molar-refractivity contribution in [2.45, 2.75) is 63.1 Å². The van der Waals surface area contributed by atoms with Gasteiger partial charge in [-0.3, -0.25) is 19.7 Å². The van der Waals surface area contributed by atoms with E-state index in [2.05, 4.69) is 31.1 Å². The highest BCUT2D eigenvalue weighted by molar-refractivity contribution is 7.99. The Morgan fingerprint density at radius 3 is 2.72 bits per heavy atom. The third kappa shape index (κ3) is 7.65. The number of imide groups is 1. The van der Waals surface area contributed by atoms with E-state index in [9.17, 15) is 14.4 Å². The predicted octanol–water partition coefficient (Wildman–Crippen LogP) is 3.15. The van der Waals surface area contributed by atoms with Gasteiger partial charge in [0.25, 0.3) is 5.91 Å². The molecule has 1 saturated heterocycles. The van der Waals surface area contributed by atoms with Crippen LogP contribution in [0.3, 0.4) is 0 Å². The maximum absolute atomic E-state index is 12.9. The maximum Gasteiger partial charge on any atom is 0.255 e. The van der Waals surface area contributed by atoms with Crippen LogP contribution in [0.4, 0.5) is 0 Å². The molecule has 8 nitrogen and oxygen atoms in total. The molecule has 3 atom stereocenters. The lowest BCUT2D eigenvalue weighted by Gasteiger charge is -2.29. The molecule has 9 heteroatoms. The normalized spacial score (nSPS) is 19.2. The molecule has 2 aliphatic rings. The highest BCUT2D eigenvalue weighted by atomic mass is 32.2. The van der Waals surface area contributed by atoms with Crippen LogP contribution in [0.25, 0.3) is 0 Å². The molecule has 0 aromatic heterocycles. The first kappa shape index (κ1) is 28.4. The standard InChI is InChI=1S/C27H39N3O5S/c1-4-7-20(5-2)19(3)28-12-13-34-14-15-35-16-17-36-24-9-6-8-21-22(24)18-30(27(21)33)23-10-11-25(31)29-26(23)32/h4,6,8-9,19-20,23,28H,1,5,7,10-18H2,2-3H3,(H,29,31,32). The average Bonchev–Trinajstić information content (AvgIpc) is 3.20. The van der Waals surface area contributed by atoms with Crippen molar-refractivity contribution in [1.82, 2.24) is 15.5 Å². The Bertz CT molecular complexity index is 925. The summed E-state index contributed by atoms with van der Waals surface area (Å²) in [5.41, 5.74) is 1.58. The van der Waals surface area contributed by atoms with Gasteiger partial charge >= 0.3 is 0 Å². The highest BCUT2D eigenvalue weighted by Gasteiger charge is 2.39. The lowest BCUT2D eigenvalue weighted by Crippen LogP contribution is -2.52. The third-order valence-electron chi connectivity index (χ3n) is 6.81. The molecular formula is C27H39N3O5S. The second-order valence-corrected chi connectivity index (χ2v) is 10.3. The van der Waals surface area contributed by atoms with E-state index >= 15 is 0 Å². The number of benzene rings is 1. The highest BCUT2D eigenvalue weighted by Crippen LogP contribution is 2.34. The fraction of sp³-hybridized carbons (Fsp3) is 0.593. The van der Waals surface area contributed by atoms with Crippen molar-refractivity contribution in [2.24, 2.45) is 5.92 Å². The van der Waals surface area contributed by atoms with Crippen LogP contribution in [-0.2, 0) is 25.6 Å².